The van der Waals surface area contributed by atoms with Crippen LogP contribution in [0.2, 0.25) is 0 Å². The van der Waals surface area contributed by atoms with Crippen molar-refractivity contribution in [1.82, 2.24) is 9.88 Å². The number of carbonyl (C=O) groups is 1. The molecule has 8 heteroatoms. The molecule has 0 atom stereocenters. The van der Waals surface area contributed by atoms with Gasteiger partial charge in [0.25, 0.3) is 11.5 Å². The molecule has 0 bridgehead atoms. The van der Waals surface area contributed by atoms with Crippen LogP contribution in [0.4, 0.5) is 13.2 Å². The van der Waals surface area contributed by atoms with Crippen LogP contribution >= 0.6 is 11.3 Å². The summed E-state index contributed by atoms with van der Waals surface area (Å²) in [4.78, 5) is 25.7. The number of thiophene rings is 1. The molecule has 0 aliphatic rings. The summed E-state index contributed by atoms with van der Waals surface area (Å²) in [6.45, 7) is 1.83. The Labute approximate surface area is 179 Å². The van der Waals surface area contributed by atoms with Gasteiger partial charge in [-0.05, 0) is 59.7 Å². The van der Waals surface area contributed by atoms with Crippen LogP contribution in [0.25, 0.3) is 15.8 Å². The van der Waals surface area contributed by atoms with Crippen molar-refractivity contribution in [3.63, 3.8) is 0 Å². The highest BCUT2D eigenvalue weighted by Gasteiger charge is 2.30. The first kappa shape index (κ1) is 20.9. The van der Waals surface area contributed by atoms with Crippen molar-refractivity contribution >= 4 is 27.3 Å². The number of halogens is 3. The minimum atomic E-state index is -4.54. The maximum absolute atomic E-state index is 13.1. The third kappa shape index (κ3) is 4.11. The Balaban J connectivity index is 1.64. The number of hydrogen-bond acceptors (Lipinski definition) is 3. The molecule has 0 radical (unpaired) electrons. The highest BCUT2D eigenvalue weighted by Crippen LogP contribution is 2.30. The third-order valence-electron chi connectivity index (χ3n) is 4.95. The third-order valence-corrected chi connectivity index (χ3v) is 5.97. The highest BCUT2D eigenvalue weighted by molar-refractivity contribution is 7.17. The van der Waals surface area contributed by atoms with E-state index in [0.717, 1.165) is 32.3 Å². The second kappa shape index (κ2) is 8.03. The Morgan fingerprint density at radius 1 is 1.06 bits per heavy atom. The normalized spacial score (nSPS) is 11.6. The van der Waals surface area contributed by atoms with Crippen LogP contribution in [0, 0.1) is 6.92 Å². The first-order chi connectivity index (χ1) is 14.8. The van der Waals surface area contributed by atoms with Gasteiger partial charge in [-0.2, -0.15) is 13.2 Å². The lowest BCUT2D eigenvalue weighted by molar-refractivity contribution is -0.137. The van der Waals surface area contributed by atoms with Crippen LogP contribution in [-0.4, -0.2) is 10.5 Å². The van der Waals surface area contributed by atoms with E-state index >= 15 is 0 Å². The molecule has 0 unspecified atom stereocenters. The number of hydrogen-bond donors (Lipinski definition) is 1. The molecule has 158 valence electrons. The van der Waals surface area contributed by atoms with Crippen molar-refractivity contribution in [3.8, 4) is 5.69 Å². The zero-order chi connectivity index (χ0) is 22.2. The fraction of sp³-hybridized carbons (Fsp3) is 0.130. The number of aryl methyl sites for hydroxylation is 1. The van der Waals surface area contributed by atoms with E-state index in [1.54, 1.807) is 18.3 Å². The largest absolute Gasteiger partial charge is 0.416 e. The summed E-state index contributed by atoms with van der Waals surface area (Å²) < 4.78 is 41.5. The topological polar surface area (TPSA) is 51.1 Å². The molecule has 0 aliphatic carbocycles. The zero-order valence-corrected chi connectivity index (χ0v) is 17.2. The molecule has 4 aromatic rings. The number of rotatable bonds is 4. The fourth-order valence-corrected chi connectivity index (χ4v) is 4.35. The van der Waals surface area contributed by atoms with E-state index in [1.807, 2.05) is 29.6 Å². The van der Waals surface area contributed by atoms with E-state index in [0.29, 0.717) is 5.69 Å². The Bertz CT molecular complexity index is 1340. The maximum atomic E-state index is 13.1. The predicted molar refractivity (Wildman–Crippen MR) is 115 cm³/mol. The van der Waals surface area contributed by atoms with E-state index in [2.05, 4.69) is 5.32 Å². The monoisotopic (exact) mass is 442 g/mol. The van der Waals surface area contributed by atoms with Crippen LogP contribution in [0.15, 0.2) is 70.8 Å². The fourth-order valence-electron chi connectivity index (χ4n) is 3.39. The number of nitrogens with one attached hydrogen (secondary N) is 1. The van der Waals surface area contributed by atoms with Gasteiger partial charge in [-0.3, -0.25) is 14.2 Å². The molecule has 1 amide bonds. The average molecular weight is 442 g/mol. The second-order valence-corrected chi connectivity index (χ2v) is 7.93. The summed E-state index contributed by atoms with van der Waals surface area (Å²) >= 11 is 1.56. The van der Waals surface area contributed by atoms with Crippen molar-refractivity contribution in [3.05, 3.63) is 98.8 Å². The number of pyridine rings is 1. The van der Waals surface area contributed by atoms with Crippen molar-refractivity contribution in [2.45, 2.75) is 19.6 Å². The van der Waals surface area contributed by atoms with Gasteiger partial charge < -0.3 is 5.32 Å². The van der Waals surface area contributed by atoms with Crippen LogP contribution in [0.3, 0.4) is 0 Å². The Morgan fingerprint density at radius 3 is 2.61 bits per heavy atom. The second-order valence-electron chi connectivity index (χ2n) is 7.02. The molecule has 1 N–H and O–H groups in total. The molecule has 0 fully saturated rings. The molecular formula is C23H17F3N2O2S. The van der Waals surface area contributed by atoms with Crippen LogP contribution in [0.1, 0.15) is 27.2 Å². The van der Waals surface area contributed by atoms with Gasteiger partial charge in [0.15, 0.2) is 0 Å². The maximum Gasteiger partial charge on any atom is 0.416 e. The zero-order valence-electron chi connectivity index (χ0n) is 16.4. The van der Waals surface area contributed by atoms with Gasteiger partial charge in [0.1, 0.15) is 5.56 Å². The summed E-state index contributed by atoms with van der Waals surface area (Å²) in [6, 6.07) is 15.2. The molecule has 4 nitrogen and oxygen atoms in total. The summed E-state index contributed by atoms with van der Waals surface area (Å²) in [5.74, 6) is -0.582. The summed E-state index contributed by atoms with van der Waals surface area (Å²) in [5.41, 5.74) is -0.273. The van der Waals surface area contributed by atoms with Crippen LogP contribution < -0.4 is 10.9 Å². The summed E-state index contributed by atoms with van der Waals surface area (Å²) in [5, 5.41) is 5.71. The SMILES string of the molecule is Cc1ccc(C(=O)NCc2csc3ccccc23)c(=O)n1-c1cccc(C(F)(F)F)c1. The predicted octanol–water partition coefficient (Wildman–Crippen LogP) is 5.31. The van der Waals surface area contributed by atoms with Gasteiger partial charge >= 0.3 is 6.18 Å². The van der Waals surface area contributed by atoms with Crippen molar-refractivity contribution in [1.29, 1.82) is 0 Å². The van der Waals surface area contributed by atoms with Gasteiger partial charge in [-0.25, -0.2) is 0 Å². The minimum Gasteiger partial charge on any atom is -0.348 e. The Hall–Kier alpha value is -3.39. The standard InChI is InChI=1S/C23H17F3N2O2S/c1-14-9-10-19(21(29)27-12-15-13-31-20-8-3-2-7-18(15)20)22(30)28(14)17-6-4-5-16(11-17)23(24,25)26/h2-11,13H,12H2,1H3,(H,27,29). The van der Waals surface area contributed by atoms with E-state index in [1.165, 1.54) is 24.3 Å². The number of aromatic nitrogens is 1. The van der Waals surface area contributed by atoms with E-state index in [9.17, 15) is 22.8 Å². The molecule has 2 aromatic heterocycles. The highest BCUT2D eigenvalue weighted by atomic mass is 32.1. The number of fused-ring (bicyclic) bond motifs is 1. The van der Waals surface area contributed by atoms with E-state index in [-0.39, 0.29) is 17.8 Å². The van der Waals surface area contributed by atoms with E-state index < -0.39 is 23.2 Å². The smallest absolute Gasteiger partial charge is 0.348 e. The molecule has 0 aliphatic heterocycles. The first-order valence-electron chi connectivity index (χ1n) is 9.39. The molecule has 2 aromatic carbocycles. The van der Waals surface area contributed by atoms with Crippen molar-refractivity contribution in [2.75, 3.05) is 0 Å². The van der Waals surface area contributed by atoms with Crippen LogP contribution in [0.5, 0.6) is 0 Å². The summed E-state index contributed by atoms with van der Waals surface area (Å²) in [7, 11) is 0. The number of alkyl halides is 3. The molecule has 0 spiro atoms. The van der Waals surface area contributed by atoms with Gasteiger partial charge in [0.2, 0.25) is 0 Å². The quantitative estimate of drug-likeness (QED) is 0.466. The van der Waals surface area contributed by atoms with Gasteiger partial charge in [0, 0.05) is 22.6 Å². The number of nitrogens with zero attached hydrogens (tertiary/aromatic N) is 1. The number of carbonyl (C=O) groups excluding carboxylic acids is 1. The minimum absolute atomic E-state index is 0.0517. The Morgan fingerprint density at radius 2 is 1.84 bits per heavy atom. The first-order valence-corrected chi connectivity index (χ1v) is 10.3. The van der Waals surface area contributed by atoms with Gasteiger partial charge in [-0.1, -0.05) is 24.3 Å². The number of benzene rings is 2. The number of amides is 1. The molecule has 4 rings (SSSR count). The average Bonchev–Trinajstić information content (AvgIpc) is 3.15. The Kier molecular flexibility index (Phi) is 5.41. The van der Waals surface area contributed by atoms with E-state index in [4.69, 9.17) is 0 Å². The molecule has 0 saturated carbocycles. The lowest BCUT2D eigenvalue weighted by Gasteiger charge is -2.14. The molecular weight excluding hydrogens is 425 g/mol. The summed E-state index contributed by atoms with van der Waals surface area (Å²) in [6.07, 6.45) is -4.54. The molecule has 2 heterocycles. The lowest BCUT2D eigenvalue weighted by Crippen LogP contribution is -2.33. The molecule has 31 heavy (non-hydrogen) atoms. The van der Waals surface area contributed by atoms with Gasteiger partial charge in [0.05, 0.1) is 5.56 Å². The molecule has 0 saturated heterocycles. The van der Waals surface area contributed by atoms with Crippen molar-refractivity contribution in [2.24, 2.45) is 0 Å². The van der Waals surface area contributed by atoms with Crippen LogP contribution in [-0.2, 0) is 12.7 Å². The lowest BCUT2D eigenvalue weighted by atomic mass is 10.1. The van der Waals surface area contributed by atoms with Crippen molar-refractivity contribution < 1.29 is 18.0 Å². The van der Waals surface area contributed by atoms with Gasteiger partial charge in [-0.15, -0.1) is 11.3 Å².